The third-order valence-corrected chi connectivity index (χ3v) is 5.24. The molecule has 160 valence electrons. The summed E-state index contributed by atoms with van der Waals surface area (Å²) in [5.41, 5.74) is 1.35. The second-order valence-corrected chi connectivity index (χ2v) is 7.20. The first kappa shape index (κ1) is 20.9. The molecule has 0 saturated carbocycles. The molecule has 0 N–H and O–H groups in total. The third kappa shape index (κ3) is 3.41. The quantitative estimate of drug-likeness (QED) is 0.149. The van der Waals surface area contributed by atoms with Gasteiger partial charge in [-0.05, 0) is 37.6 Å². The van der Waals surface area contributed by atoms with Crippen LogP contribution in [0.5, 0.6) is 5.75 Å². The molecule has 0 fully saturated rings. The predicted octanol–water partition coefficient (Wildman–Crippen LogP) is 4.92. The molecule has 32 heavy (non-hydrogen) atoms. The molecule has 0 amide bonds. The molecule has 1 aromatic heterocycles. The maximum Gasteiger partial charge on any atom is 0.344 e. The SMILES string of the molecule is COC(=O)c1cc(C)c(OC(=O)c2c3ccccc3nc3ccccc23)c(C)c1[N+](=O)[O-]. The fourth-order valence-electron chi connectivity index (χ4n) is 3.82. The standard InChI is InChI=1S/C24H18N2O6/c1-13-12-17(23(27)31-3)21(26(29)30)14(2)22(13)32-24(28)20-15-8-4-6-10-18(15)25-19-11-7-5-9-16(19)20/h4-12H,1-3H3. The topological polar surface area (TPSA) is 109 Å². The van der Waals surface area contributed by atoms with Gasteiger partial charge in [-0.25, -0.2) is 14.6 Å². The molecule has 0 bridgehead atoms. The smallest absolute Gasteiger partial charge is 0.344 e. The van der Waals surface area contributed by atoms with Gasteiger partial charge in [-0.1, -0.05) is 36.4 Å². The van der Waals surface area contributed by atoms with E-state index in [0.29, 0.717) is 32.9 Å². The van der Waals surface area contributed by atoms with Crippen LogP contribution >= 0.6 is 0 Å². The van der Waals surface area contributed by atoms with Crippen molar-refractivity contribution >= 4 is 39.4 Å². The molecule has 0 radical (unpaired) electrons. The highest BCUT2D eigenvalue weighted by Crippen LogP contribution is 2.36. The summed E-state index contributed by atoms with van der Waals surface area (Å²) < 4.78 is 10.4. The maximum atomic E-state index is 13.4. The Morgan fingerprint density at radius 3 is 2.03 bits per heavy atom. The van der Waals surface area contributed by atoms with Crippen molar-refractivity contribution in [1.29, 1.82) is 0 Å². The van der Waals surface area contributed by atoms with E-state index in [1.54, 1.807) is 43.3 Å². The van der Waals surface area contributed by atoms with Crippen LogP contribution in [0, 0.1) is 24.0 Å². The van der Waals surface area contributed by atoms with Crippen molar-refractivity contribution in [3.63, 3.8) is 0 Å². The van der Waals surface area contributed by atoms with E-state index in [4.69, 9.17) is 4.74 Å². The number of nitro benzene ring substituents is 1. The van der Waals surface area contributed by atoms with Gasteiger partial charge in [0, 0.05) is 10.8 Å². The molecular weight excluding hydrogens is 412 g/mol. The van der Waals surface area contributed by atoms with Crippen LogP contribution in [-0.4, -0.2) is 29.0 Å². The summed E-state index contributed by atoms with van der Waals surface area (Å²) in [6.07, 6.45) is 0. The van der Waals surface area contributed by atoms with E-state index in [2.05, 4.69) is 9.72 Å². The van der Waals surface area contributed by atoms with Crippen molar-refractivity contribution in [2.45, 2.75) is 13.8 Å². The average molecular weight is 430 g/mol. The number of esters is 2. The average Bonchev–Trinajstić information content (AvgIpc) is 2.78. The molecule has 0 aliphatic carbocycles. The van der Waals surface area contributed by atoms with Crippen molar-refractivity contribution in [2.24, 2.45) is 0 Å². The van der Waals surface area contributed by atoms with Gasteiger partial charge in [-0.3, -0.25) is 10.1 Å². The Bertz CT molecular complexity index is 1370. The molecule has 3 aromatic carbocycles. The molecule has 8 heteroatoms. The number of carbonyl (C=O) groups excluding carboxylic acids is 2. The molecule has 4 aromatic rings. The van der Waals surface area contributed by atoms with Crippen LogP contribution in [0.3, 0.4) is 0 Å². The van der Waals surface area contributed by atoms with Gasteiger partial charge in [0.25, 0.3) is 5.69 Å². The molecule has 0 aliphatic rings. The molecular formula is C24H18N2O6. The van der Waals surface area contributed by atoms with E-state index in [0.717, 1.165) is 7.11 Å². The number of carbonyl (C=O) groups is 2. The van der Waals surface area contributed by atoms with Gasteiger partial charge in [-0.2, -0.15) is 0 Å². The van der Waals surface area contributed by atoms with Gasteiger partial charge in [0.1, 0.15) is 11.3 Å². The lowest BCUT2D eigenvalue weighted by atomic mass is 10.0. The molecule has 1 heterocycles. The Balaban J connectivity index is 1.90. The number of aryl methyl sites for hydroxylation is 1. The van der Waals surface area contributed by atoms with Gasteiger partial charge in [0.05, 0.1) is 34.2 Å². The lowest BCUT2D eigenvalue weighted by Gasteiger charge is -2.15. The van der Waals surface area contributed by atoms with Crippen LogP contribution in [0.2, 0.25) is 0 Å². The van der Waals surface area contributed by atoms with E-state index in [-0.39, 0.29) is 16.9 Å². The number of hydrogen-bond acceptors (Lipinski definition) is 7. The number of ether oxygens (including phenoxy) is 2. The van der Waals surface area contributed by atoms with Crippen LogP contribution in [0.15, 0.2) is 54.6 Å². The number of pyridine rings is 1. The third-order valence-electron chi connectivity index (χ3n) is 5.24. The number of para-hydroxylation sites is 2. The molecule has 0 atom stereocenters. The van der Waals surface area contributed by atoms with Crippen LogP contribution in [0.4, 0.5) is 5.69 Å². The minimum Gasteiger partial charge on any atom is -0.465 e. The van der Waals surface area contributed by atoms with Crippen LogP contribution in [0.1, 0.15) is 31.8 Å². The summed E-state index contributed by atoms with van der Waals surface area (Å²) in [5, 5.41) is 12.9. The zero-order valence-corrected chi connectivity index (χ0v) is 17.5. The lowest BCUT2D eigenvalue weighted by molar-refractivity contribution is -0.385. The highest BCUT2D eigenvalue weighted by Gasteiger charge is 2.29. The molecule has 0 unspecified atom stereocenters. The Morgan fingerprint density at radius 1 is 0.938 bits per heavy atom. The Labute approximate surface area is 182 Å². The lowest BCUT2D eigenvalue weighted by Crippen LogP contribution is -2.14. The first-order valence-corrected chi connectivity index (χ1v) is 9.70. The van der Waals surface area contributed by atoms with Crippen LogP contribution < -0.4 is 4.74 Å². The number of fused-ring (bicyclic) bond motifs is 2. The maximum absolute atomic E-state index is 13.4. The molecule has 0 spiro atoms. The summed E-state index contributed by atoms with van der Waals surface area (Å²) in [7, 11) is 1.14. The first-order chi connectivity index (χ1) is 15.3. The summed E-state index contributed by atoms with van der Waals surface area (Å²) in [6, 6.07) is 15.7. The van der Waals surface area contributed by atoms with E-state index >= 15 is 0 Å². The van der Waals surface area contributed by atoms with E-state index in [1.807, 2.05) is 12.1 Å². The van der Waals surface area contributed by atoms with Gasteiger partial charge >= 0.3 is 11.9 Å². The van der Waals surface area contributed by atoms with Crippen molar-refractivity contribution in [1.82, 2.24) is 4.98 Å². The number of rotatable bonds is 4. The summed E-state index contributed by atoms with van der Waals surface area (Å²) in [6.45, 7) is 3.04. The fraction of sp³-hybridized carbons (Fsp3) is 0.125. The first-order valence-electron chi connectivity index (χ1n) is 9.70. The zero-order valence-electron chi connectivity index (χ0n) is 17.5. The number of benzene rings is 3. The minimum absolute atomic E-state index is 0.0272. The van der Waals surface area contributed by atoms with Crippen molar-refractivity contribution in [2.75, 3.05) is 7.11 Å². The van der Waals surface area contributed by atoms with Crippen LogP contribution in [0.25, 0.3) is 21.8 Å². The van der Waals surface area contributed by atoms with Crippen LogP contribution in [-0.2, 0) is 4.74 Å². The fourth-order valence-corrected chi connectivity index (χ4v) is 3.82. The Morgan fingerprint density at radius 2 is 1.50 bits per heavy atom. The Hall–Kier alpha value is -4.33. The number of methoxy groups -OCH3 is 1. The molecule has 8 nitrogen and oxygen atoms in total. The monoisotopic (exact) mass is 430 g/mol. The molecule has 4 rings (SSSR count). The summed E-state index contributed by atoms with van der Waals surface area (Å²) in [4.78, 5) is 41.0. The second-order valence-electron chi connectivity index (χ2n) is 7.20. The van der Waals surface area contributed by atoms with Crippen molar-refractivity contribution in [3.8, 4) is 5.75 Å². The minimum atomic E-state index is -0.841. The molecule has 0 aliphatic heterocycles. The number of nitrogens with zero attached hydrogens (tertiary/aromatic N) is 2. The number of nitro groups is 1. The number of hydrogen-bond donors (Lipinski definition) is 0. The van der Waals surface area contributed by atoms with Gasteiger partial charge < -0.3 is 9.47 Å². The van der Waals surface area contributed by atoms with Gasteiger partial charge in [-0.15, -0.1) is 0 Å². The largest absolute Gasteiger partial charge is 0.465 e. The normalized spacial score (nSPS) is 10.8. The summed E-state index contributed by atoms with van der Waals surface area (Å²) >= 11 is 0. The van der Waals surface area contributed by atoms with E-state index in [9.17, 15) is 19.7 Å². The van der Waals surface area contributed by atoms with Crippen molar-refractivity contribution in [3.05, 3.63) is 87.0 Å². The highest BCUT2D eigenvalue weighted by atomic mass is 16.6. The highest BCUT2D eigenvalue weighted by molar-refractivity contribution is 6.15. The van der Waals surface area contributed by atoms with Gasteiger partial charge in [0.2, 0.25) is 0 Å². The number of aromatic nitrogens is 1. The zero-order chi connectivity index (χ0) is 23.0. The Kier molecular flexibility index (Phi) is 5.28. The molecule has 0 saturated heterocycles. The second kappa shape index (κ2) is 8.07. The van der Waals surface area contributed by atoms with Crippen molar-refractivity contribution < 1.29 is 24.0 Å². The summed E-state index contributed by atoms with van der Waals surface area (Å²) in [5.74, 6) is -1.49. The predicted molar refractivity (Wildman–Crippen MR) is 118 cm³/mol. The van der Waals surface area contributed by atoms with E-state index < -0.39 is 22.5 Å². The van der Waals surface area contributed by atoms with Gasteiger partial charge in [0.15, 0.2) is 0 Å². The van der Waals surface area contributed by atoms with E-state index in [1.165, 1.54) is 13.0 Å².